The van der Waals surface area contributed by atoms with Crippen LogP contribution in [0, 0.1) is 19.7 Å². The second-order valence-electron chi connectivity index (χ2n) is 6.48. The van der Waals surface area contributed by atoms with Crippen LogP contribution in [-0.2, 0) is 6.54 Å². The number of carbonyl (C=O) groups excluding carboxylic acids is 1. The lowest BCUT2D eigenvalue weighted by molar-refractivity contribution is 0.0717. The molecule has 1 fully saturated rings. The van der Waals surface area contributed by atoms with Crippen LogP contribution in [0.5, 0.6) is 0 Å². The minimum Gasteiger partial charge on any atom is -0.329 e. The molecule has 0 spiro atoms. The topological polar surface area (TPSA) is 63.4 Å². The first-order chi connectivity index (χ1) is 12.0. The third kappa shape index (κ3) is 3.09. The van der Waals surface area contributed by atoms with E-state index in [4.69, 9.17) is 0 Å². The SMILES string of the molecule is Cc1cc(C)n2nc(C(=O)N(Cc3ccc(F)cc3)C3CC3)nc2n1. The zero-order valence-electron chi connectivity index (χ0n) is 14.1. The van der Waals surface area contributed by atoms with Crippen LogP contribution in [-0.4, -0.2) is 36.4 Å². The summed E-state index contributed by atoms with van der Waals surface area (Å²) in [5.74, 6) is 0.0787. The van der Waals surface area contributed by atoms with E-state index >= 15 is 0 Å². The first-order valence-corrected chi connectivity index (χ1v) is 8.28. The Morgan fingerprint density at radius 2 is 1.96 bits per heavy atom. The fraction of sp³-hybridized carbons (Fsp3) is 0.333. The van der Waals surface area contributed by atoms with Crippen molar-refractivity contribution in [1.29, 1.82) is 0 Å². The van der Waals surface area contributed by atoms with Gasteiger partial charge in [-0.05, 0) is 50.5 Å². The molecule has 0 saturated heterocycles. The number of aryl methyl sites for hydroxylation is 2. The standard InChI is InChI=1S/C18H18FN5O/c1-11-9-12(2)24-18(20-11)21-16(22-24)17(25)23(15-7-8-15)10-13-3-5-14(19)6-4-13/h3-6,9,15H,7-8,10H2,1-2H3. The summed E-state index contributed by atoms with van der Waals surface area (Å²) in [6.45, 7) is 4.21. The molecule has 1 saturated carbocycles. The first kappa shape index (κ1) is 15.7. The van der Waals surface area contributed by atoms with E-state index in [0.29, 0.717) is 12.3 Å². The summed E-state index contributed by atoms with van der Waals surface area (Å²) in [5, 5.41) is 4.33. The van der Waals surface area contributed by atoms with E-state index in [2.05, 4.69) is 15.1 Å². The molecule has 0 atom stereocenters. The maximum Gasteiger partial charge on any atom is 0.294 e. The van der Waals surface area contributed by atoms with Crippen molar-refractivity contribution >= 4 is 11.7 Å². The van der Waals surface area contributed by atoms with Crippen LogP contribution in [0.25, 0.3) is 5.78 Å². The summed E-state index contributed by atoms with van der Waals surface area (Å²) >= 11 is 0. The van der Waals surface area contributed by atoms with Crippen molar-refractivity contribution in [3.8, 4) is 0 Å². The van der Waals surface area contributed by atoms with E-state index in [1.165, 1.54) is 12.1 Å². The van der Waals surface area contributed by atoms with E-state index in [1.54, 1.807) is 21.5 Å². The predicted molar refractivity (Wildman–Crippen MR) is 89.6 cm³/mol. The summed E-state index contributed by atoms with van der Waals surface area (Å²) in [4.78, 5) is 23.4. The molecule has 4 rings (SSSR count). The molecule has 0 N–H and O–H groups in total. The van der Waals surface area contributed by atoms with Gasteiger partial charge in [0, 0.05) is 24.0 Å². The number of amides is 1. The molecule has 1 aromatic carbocycles. The number of hydrogen-bond donors (Lipinski definition) is 0. The van der Waals surface area contributed by atoms with Crippen LogP contribution in [0.4, 0.5) is 4.39 Å². The lowest BCUT2D eigenvalue weighted by atomic mass is 10.2. The van der Waals surface area contributed by atoms with Crippen molar-refractivity contribution in [3.63, 3.8) is 0 Å². The number of benzene rings is 1. The first-order valence-electron chi connectivity index (χ1n) is 8.28. The number of aromatic nitrogens is 4. The number of nitrogens with zero attached hydrogens (tertiary/aromatic N) is 5. The highest BCUT2D eigenvalue weighted by atomic mass is 19.1. The molecule has 25 heavy (non-hydrogen) atoms. The quantitative estimate of drug-likeness (QED) is 0.733. The molecule has 1 aliphatic rings. The molecule has 3 aromatic rings. The van der Waals surface area contributed by atoms with Gasteiger partial charge in [-0.25, -0.2) is 13.9 Å². The number of hydrogen-bond acceptors (Lipinski definition) is 4. The molecule has 1 amide bonds. The highest BCUT2D eigenvalue weighted by Gasteiger charge is 2.35. The fourth-order valence-electron chi connectivity index (χ4n) is 2.92. The number of fused-ring (bicyclic) bond motifs is 1. The van der Waals surface area contributed by atoms with Crippen LogP contribution in [0.15, 0.2) is 30.3 Å². The Morgan fingerprint density at radius 3 is 2.64 bits per heavy atom. The van der Waals surface area contributed by atoms with Gasteiger partial charge in [0.2, 0.25) is 5.82 Å². The molecule has 7 heteroatoms. The average molecular weight is 339 g/mol. The van der Waals surface area contributed by atoms with Crippen molar-refractivity contribution < 1.29 is 9.18 Å². The van der Waals surface area contributed by atoms with Crippen molar-refractivity contribution in [1.82, 2.24) is 24.5 Å². The van der Waals surface area contributed by atoms with Gasteiger partial charge < -0.3 is 4.90 Å². The van der Waals surface area contributed by atoms with Gasteiger partial charge in [-0.1, -0.05) is 12.1 Å². The summed E-state index contributed by atoms with van der Waals surface area (Å²) < 4.78 is 14.7. The Kier molecular flexibility index (Phi) is 3.71. The van der Waals surface area contributed by atoms with Crippen molar-refractivity contribution in [2.24, 2.45) is 0 Å². The zero-order valence-corrected chi connectivity index (χ0v) is 14.1. The fourth-order valence-corrected chi connectivity index (χ4v) is 2.92. The summed E-state index contributed by atoms with van der Waals surface area (Å²) in [6, 6.07) is 8.30. The van der Waals surface area contributed by atoms with Gasteiger partial charge in [0.25, 0.3) is 11.7 Å². The Balaban J connectivity index is 1.65. The Bertz CT molecular complexity index is 946. The molecule has 1 aliphatic carbocycles. The molecule has 0 aliphatic heterocycles. The van der Waals surface area contributed by atoms with Crippen molar-refractivity contribution in [3.05, 3.63) is 58.9 Å². The molecular formula is C18H18FN5O. The summed E-state index contributed by atoms with van der Waals surface area (Å²) in [7, 11) is 0. The van der Waals surface area contributed by atoms with Gasteiger partial charge in [-0.3, -0.25) is 4.79 Å². The zero-order chi connectivity index (χ0) is 17.6. The Morgan fingerprint density at radius 1 is 1.24 bits per heavy atom. The molecule has 6 nitrogen and oxygen atoms in total. The molecule has 0 radical (unpaired) electrons. The minimum absolute atomic E-state index is 0.148. The Hall–Kier alpha value is -2.83. The largest absolute Gasteiger partial charge is 0.329 e. The maximum atomic E-state index is 13.1. The third-order valence-corrected chi connectivity index (χ3v) is 4.32. The number of carbonyl (C=O) groups is 1. The van der Waals surface area contributed by atoms with Crippen LogP contribution in [0.3, 0.4) is 0 Å². The number of halogens is 1. The van der Waals surface area contributed by atoms with E-state index < -0.39 is 0 Å². The smallest absolute Gasteiger partial charge is 0.294 e. The van der Waals surface area contributed by atoms with Crippen molar-refractivity contribution in [2.45, 2.75) is 39.3 Å². The second-order valence-corrected chi connectivity index (χ2v) is 6.48. The van der Waals surface area contributed by atoms with Gasteiger partial charge in [0.15, 0.2) is 0 Å². The molecular weight excluding hydrogens is 321 g/mol. The summed E-state index contributed by atoms with van der Waals surface area (Å²) in [6.07, 6.45) is 1.94. The van der Waals surface area contributed by atoms with E-state index in [9.17, 15) is 9.18 Å². The van der Waals surface area contributed by atoms with Crippen LogP contribution >= 0.6 is 0 Å². The monoisotopic (exact) mass is 339 g/mol. The van der Waals surface area contributed by atoms with Crippen LogP contribution in [0.1, 0.15) is 40.4 Å². The van der Waals surface area contributed by atoms with Crippen LogP contribution in [0.2, 0.25) is 0 Å². The van der Waals surface area contributed by atoms with Gasteiger partial charge >= 0.3 is 0 Å². The molecule has 2 heterocycles. The molecule has 0 bridgehead atoms. The molecule has 0 unspecified atom stereocenters. The summed E-state index contributed by atoms with van der Waals surface area (Å²) in [5.41, 5.74) is 2.60. The second kappa shape index (κ2) is 5.91. The van der Waals surface area contributed by atoms with E-state index in [1.807, 2.05) is 19.9 Å². The van der Waals surface area contributed by atoms with Gasteiger partial charge in [-0.2, -0.15) is 4.98 Å². The predicted octanol–water partition coefficient (Wildman–Crippen LogP) is 2.69. The van der Waals surface area contributed by atoms with Gasteiger partial charge in [0.05, 0.1) is 0 Å². The van der Waals surface area contributed by atoms with E-state index in [-0.39, 0.29) is 23.6 Å². The maximum absolute atomic E-state index is 13.1. The van der Waals surface area contributed by atoms with E-state index in [0.717, 1.165) is 29.8 Å². The minimum atomic E-state index is -0.285. The lowest BCUT2D eigenvalue weighted by Gasteiger charge is -2.21. The van der Waals surface area contributed by atoms with Crippen LogP contribution < -0.4 is 0 Å². The van der Waals surface area contributed by atoms with Gasteiger partial charge in [-0.15, -0.1) is 5.10 Å². The number of rotatable bonds is 4. The van der Waals surface area contributed by atoms with Gasteiger partial charge in [0.1, 0.15) is 5.82 Å². The Labute approximate surface area is 144 Å². The average Bonchev–Trinajstić information content (AvgIpc) is 3.32. The normalized spacial score (nSPS) is 14.0. The van der Waals surface area contributed by atoms with Crippen molar-refractivity contribution in [2.75, 3.05) is 0 Å². The third-order valence-electron chi connectivity index (χ3n) is 4.32. The molecule has 128 valence electrons. The molecule has 2 aromatic heterocycles. The highest BCUT2D eigenvalue weighted by molar-refractivity contribution is 5.91. The lowest BCUT2D eigenvalue weighted by Crippen LogP contribution is -2.33. The highest BCUT2D eigenvalue weighted by Crippen LogP contribution is 2.29.